The van der Waals surface area contributed by atoms with Crippen molar-refractivity contribution in [3.63, 3.8) is 0 Å². The van der Waals surface area contributed by atoms with Crippen LogP contribution >= 0.6 is 0 Å². The molecule has 8 nitrogen and oxygen atoms in total. The molecule has 0 aliphatic carbocycles. The van der Waals surface area contributed by atoms with Gasteiger partial charge in [-0.3, -0.25) is 4.79 Å². The summed E-state index contributed by atoms with van der Waals surface area (Å²) in [5.74, 6) is -0.436. The number of ether oxygens (including phenoxy) is 2. The zero-order valence-electron chi connectivity index (χ0n) is 15.2. The van der Waals surface area contributed by atoms with Crippen LogP contribution in [0.2, 0.25) is 0 Å². The Bertz CT molecular complexity index is 641. The van der Waals surface area contributed by atoms with Gasteiger partial charge in [0.2, 0.25) is 5.91 Å². The third-order valence-corrected chi connectivity index (χ3v) is 4.95. The monoisotopic (exact) mass is 351 g/mol. The Morgan fingerprint density at radius 2 is 1.88 bits per heavy atom. The van der Waals surface area contributed by atoms with E-state index in [-0.39, 0.29) is 24.6 Å². The highest BCUT2D eigenvalue weighted by Crippen LogP contribution is 2.38. The standard InChI is InChI=1S/C17H25N3O5/c1-11-12(9-24-13(11)21)20-14(22)17(10-18-20)5-7-19(8-6-17)15(23)25-16(2,3)4/h18H,5-10H2,1-4H3. The lowest BCUT2D eigenvalue weighted by Gasteiger charge is -2.37. The van der Waals surface area contributed by atoms with Crippen molar-refractivity contribution < 1.29 is 23.9 Å². The van der Waals surface area contributed by atoms with Crippen molar-refractivity contribution in [2.75, 3.05) is 26.2 Å². The molecule has 2 fully saturated rings. The van der Waals surface area contributed by atoms with Gasteiger partial charge in [0.1, 0.15) is 12.2 Å². The summed E-state index contributed by atoms with van der Waals surface area (Å²) in [6.45, 7) is 8.73. The summed E-state index contributed by atoms with van der Waals surface area (Å²) >= 11 is 0. The molecule has 0 saturated carbocycles. The smallest absolute Gasteiger partial charge is 0.410 e. The summed E-state index contributed by atoms with van der Waals surface area (Å²) in [4.78, 5) is 38.3. The van der Waals surface area contributed by atoms with Crippen molar-refractivity contribution in [2.45, 2.75) is 46.1 Å². The number of piperidine rings is 1. The topological polar surface area (TPSA) is 88.2 Å². The molecule has 2 amide bonds. The third-order valence-electron chi connectivity index (χ3n) is 4.95. The molecule has 3 aliphatic rings. The number of nitrogens with zero attached hydrogens (tertiary/aromatic N) is 2. The maximum Gasteiger partial charge on any atom is 0.410 e. The van der Waals surface area contributed by atoms with E-state index >= 15 is 0 Å². The molecule has 0 unspecified atom stereocenters. The molecular formula is C17H25N3O5. The van der Waals surface area contributed by atoms with E-state index in [1.807, 2.05) is 20.8 Å². The highest BCUT2D eigenvalue weighted by atomic mass is 16.6. The van der Waals surface area contributed by atoms with E-state index in [2.05, 4.69) is 5.43 Å². The van der Waals surface area contributed by atoms with E-state index < -0.39 is 11.0 Å². The fourth-order valence-electron chi connectivity index (χ4n) is 3.37. The molecule has 0 atom stereocenters. The molecule has 0 aromatic carbocycles. The van der Waals surface area contributed by atoms with Gasteiger partial charge in [0.05, 0.1) is 16.7 Å². The van der Waals surface area contributed by atoms with Crippen LogP contribution in [0.25, 0.3) is 0 Å². The highest BCUT2D eigenvalue weighted by molar-refractivity contribution is 5.94. The second-order valence-corrected chi connectivity index (χ2v) is 7.87. The number of esters is 1. The molecule has 1 N–H and O–H groups in total. The molecule has 25 heavy (non-hydrogen) atoms. The Kier molecular flexibility index (Phi) is 4.26. The largest absolute Gasteiger partial charge is 0.456 e. The quantitative estimate of drug-likeness (QED) is 0.714. The number of rotatable bonds is 1. The maximum atomic E-state index is 13.0. The molecular weight excluding hydrogens is 326 g/mol. The maximum absolute atomic E-state index is 13.0. The lowest BCUT2D eigenvalue weighted by atomic mass is 9.78. The van der Waals surface area contributed by atoms with Crippen LogP contribution < -0.4 is 5.43 Å². The normalized spacial score (nSPS) is 23.5. The predicted octanol–water partition coefficient (Wildman–Crippen LogP) is 1.18. The number of amides is 2. The van der Waals surface area contributed by atoms with Crippen molar-refractivity contribution in [3.05, 3.63) is 11.3 Å². The lowest BCUT2D eigenvalue weighted by Crippen LogP contribution is -2.48. The van der Waals surface area contributed by atoms with Gasteiger partial charge in [-0.2, -0.15) is 0 Å². The van der Waals surface area contributed by atoms with Crippen LogP contribution in [-0.2, 0) is 19.1 Å². The number of hydrogen-bond donors (Lipinski definition) is 1. The first-order valence-corrected chi connectivity index (χ1v) is 8.56. The Hall–Kier alpha value is -2.09. The summed E-state index contributed by atoms with van der Waals surface area (Å²) < 4.78 is 10.4. The van der Waals surface area contributed by atoms with Crippen LogP contribution in [0.1, 0.15) is 40.5 Å². The second kappa shape index (κ2) is 6.01. The molecule has 0 radical (unpaired) electrons. The van der Waals surface area contributed by atoms with Crippen LogP contribution in [0, 0.1) is 5.41 Å². The minimum atomic E-state index is -0.544. The number of hydrazine groups is 1. The average molecular weight is 351 g/mol. The predicted molar refractivity (Wildman–Crippen MR) is 88.0 cm³/mol. The summed E-state index contributed by atoms with van der Waals surface area (Å²) in [5, 5.41) is 1.46. The fourth-order valence-corrected chi connectivity index (χ4v) is 3.37. The van der Waals surface area contributed by atoms with Crippen molar-refractivity contribution in [2.24, 2.45) is 5.41 Å². The first-order chi connectivity index (χ1) is 11.6. The Morgan fingerprint density at radius 3 is 2.40 bits per heavy atom. The van der Waals surface area contributed by atoms with Crippen LogP contribution in [0.4, 0.5) is 4.79 Å². The van der Waals surface area contributed by atoms with Gasteiger partial charge in [-0.25, -0.2) is 20.0 Å². The summed E-state index contributed by atoms with van der Waals surface area (Å²) in [6.07, 6.45) is 0.789. The van der Waals surface area contributed by atoms with Gasteiger partial charge in [-0.05, 0) is 40.5 Å². The Morgan fingerprint density at radius 1 is 1.24 bits per heavy atom. The van der Waals surface area contributed by atoms with E-state index in [4.69, 9.17) is 9.47 Å². The second-order valence-electron chi connectivity index (χ2n) is 7.87. The van der Waals surface area contributed by atoms with Gasteiger partial charge < -0.3 is 14.4 Å². The highest BCUT2D eigenvalue weighted by Gasteiger charge is 2.51. The average Bonchev–Trinajstić information content (AvgIpc) is 3.01. The molecule has 138 valence electrons. The summed E-state index contributed by atoms with van der Waals surface area (Å²) in [6, 6.07) is 0. The number of nitrogens with one attached hydrogen (secondary N) is 1. The van der Waals surface area contributed by atoms with E-state index in [1.165, 1.54) is 5.01 Å². The molecule has 0 aromatic heterocycles. The van der Waals surface area contributed by atoms with Crippen LogP contribution in [0.15, 0.2) is 11.3 Å². The molecule has 0 bridgehead atoms. The summed E-state index contributed by atoms with van der Waals surface area (Å²) in [7, 11) is 0. The van der Waals surface area contributed by atoms with E-state index in [0.717, 1.165) is 0 Å². The van der Waals surface area contributed by atoms with Crippen molar-refractivity contribution in [1.29, 1.82) is 0 Å². The molecule has 3 heterocycles. The van der Waals surface area contributed by atoms with Crippen molar-refractivity contribution in [1.82, 2.24) is 15.3 Å². The van der Waals surface area contributed by atoms with Gasteiger partial charge in [0.25, 0.3) is 0 Å². The van der Waals surface area contributed by atoms with Crippen LogP contribution in [-0.4, -0.2) is 59.7 Å². The SMILES string of the molecule is CC1=C(N2NCC3(CCN(C(=O)OC(C)(C)C)CC3)C2=O)COC1=O. The Labute approximate surface area is 147 Å². The minimum Gasteiger partial charge on any atom is -0.456 e. The van der Waals surface area contributed by atoms with Crippen molar-refractivity contribution in [3.8, 4) is 0 Å². The first kappa shape index (κ1) is 17.7. The van der Waals surface area contributed by atoms with Gasteiger partial charge in [0, 0.05) is 19.6 Å². The zero-order valence-corrected chi connectivity index (χ0v) is 15.2. The number of likely N-dealkylation sites (tertiary alicyclic amines) is 1. The number of carbonyl (C=O) groups is 3. The van der Waals surface area contributed by atoms with Crippen LogP contribution in [0.3, 0.4) is 0 Å². The van der Waals surface area contributed by atoms with Crippen molar-refractivity contribution >= 4 is 18.0 Å². The van der Waals surface area contributed by atoms with E-state index in [9.17, 15) is 14.4 Å². The lowest BCUT2D eigenvalue weighted by molar-refractivity contribution is -0.139. The van der Waals surface area contributed by atoms with Gasteiger partial charge in [-0.15, -0.1) is 0 Å². The third kappa shape index (κ3) is 3.22. The molecule has 8 heteroatoms. The molecule has 3 aliphatic heterocycles. The minimum absolute atomic E-state index is 0.0519. The van der Waals surface area contributed by atoms with E-state index in [1.54, 1.807) is 11.8 Å². The molecule has 1 spiro atoms. The number of hydrogen-bond acceptors (Lipinski definition) is 6. The number of carbonyl (C=O) groups excluding carboxylic acids is 3. The van der Waals surface area contributed by atoms with Gasteiger partial charge in [-0.1, -0.05) is 0 Å². The molecule has 2 saturated heterocycles. The fraction of sp³-hybridized carbons (Fsp3) is 0.706. The van der Waals surface area contributed by atoms with E-state index in [0.29, 0.717) is 43.7 Å². The molecule has 0 aromatic rings. The zero-order chi connectivity index (χ0) is 18.4. The first-order valence-electron chi connectivity index (χ1n) is 8.56. The van der Waals surface area contributed by atoms with Gasteiger partial charge >= 0.3 is 12.1 Å². The Balaban J connectivity index is 1.65. The summed E-state index contributed by atoms with van der Waals surface area (Å²) in [5.41, 5.74) is 3.07. The van der Waals surface area contributed by atoms with Crippen LogP contribution in [0.5, 0.6) is 0 Å². The molecule has 3 rings (SSSR count). The number of cyclic esters (lactones) is 1. The van der Waals surface area contributed by atoms with Gasteiger partial charge in [0.15, 0.2) is 0 Å².